The largest absolute Gasteiger partial charge is 0.463 e. The minimum absolute atomic E-state index is 0.555. The zero-order valence-corrected chi connectivity index (χ0v) is 7.95. The number of hydrogen-bond donors (Lipinski definition) is 0. The van der Waals surface area contributed by atoms with Crippen molar-refractivity contribution in [3.8, 4) is 11.5 Å². The molecule has 0 spiro atoms. The fourth-order valence-electron chi connectivity index (χ4n) is 1.01. The Labute approximate surface area is 78.8 Å². The van der Waals surface area contributed by atoms with E-state index in [1.54, 1.807) is 6.26 Å². The normalized spacial score (nSPS) is 10.5. The summed E-state index contributed by atoms with van der Waals surface area (Å²) >= 11 is 7.21. The van der Waals surface area contributed by atoms with Gasteiger partial charge in [-0.05, 0) is 19.1 Å². The molecule has 0 unspecified atom stereocenters. The molecule has 0 aliphatic heterocycles. The Bertz CT molecular complexity index is 380. The molecule has 0 saturated heterocycles. The molecule has 0 saturated carbocycles. The SMILES string of the molecule is Cc1sc(Cl)nc1-c1ccco1. The van der Waals surface area contributed by atoms with E-state index in [4.69, 9.17) is 16.0 Å². The first kappa shape index (κ1) is 7.83. The van der Waals surface area contributed by atoms with Crippen molar-refractivity contribution in [3.63, 3.8) is 0 Å². The van der Waals surface area contributed by atoms with Crippen molar-refractivity contribution in [2.24, 2.45) is 0 Å². The number of aryl methyl sites for hydroxylation is 1. The van der Waals surface area contributed by atoms with Gasteiger partial charge in [0.05, 0.1) is 6.26 Å². The molecule has 2 aromatic heterocycles. The fraction of sp³-hybridized carbons (Fsp3) is 0.125. The van der Waals surface area contributed by atoms with E-state index < -0.39 is 0 Å². The van der Waals surface area contributed by atoms with Crippen LogP contribution in [0.5, 0.6) is 0 Å². The van der Waals surface area contributed by atoms with Crippen LogP contribution in [0, 0.1) is 6.92 Å². The van der Waals surface area contributed by atoms with Crippen molar-refractivity contribution < 1.29 is 4.42 Å². The van der Waals surface area contributed by atoms with Crippen LogP contribution in [-0.4, -0.2) is 4.98 Å². The average molecular weight is 200 g/mol. The van der Waals surface area contributed by atoms with E-state index in [9.17, 15) is 0 Å². The van der Waals surface area contributed by atoms with Crippen LogP contribution in [-0.2, 0) is 0 Å². The van der Waals surface area contributed by atoms with E-state index in [1.807, 2.05) is 19.1 Å². The lowest BCUT2D eigenvalue weighted by molar-refractivity contribution is 0.580. The van der Waals surface area contributed by atoms with Crippen LogP contribution in [0.4, 0.5) is 0 Å². The zero-order valence-electron chi connectivity index (χ0n) is 6.37. The Hall–Kier alpha value is -0.800. The average Bonchev–Trinajstić information content (AvgIpc) is 2.58. The summed E-state index contributed by atoms with van der Waals surface area (Å²) in [6.07, 6.45) is 1.63. The van der Waals surface area contributed by atoms with E-state index in [-0.39, 0.29) is 0 Å². The second-order valence-corrected chi connectivity index (χ2v) is 4.13. The molecule has 0 radical (unpaired) electrons. The lowest BCUT2D eigenvalue weighted by atomic mass is 10.3. The maximum Gasteiger partial charge on any atom is 0.184 e. The van der Waals surface area contributed by atoms with Crippen molar-refractivity contribution in [2.45, 2.75) is 6.92 Å². The van der Waals surface area contributed by atoms with Crippen LogP contribution >= 0.6 is 22.9 Å². The molecule has 0 bridgehead atoms. The number of hydrogen-bond acceptors (Lipinski definition) is 3. The maximum absolute atomic E-state index is 5.75. The summed E-state index contributed by atoms with van der Waals surface area (Å²) in [7, 11) is 0. The third kappa shape index (κ3) is 1.26. The number of aromatic nitrogens is 1. The lowest BCUT2D eigenvalue weighted by Gasteiger charge is -1.89. The van der Waals surface area contributed by atoms with Crippen molar-refractivity contribution in [2.75, 3.05) is 0 Å². The second-order valence-electron chi connectivity index (χ2n) is 2.35. The molecule has 0 aromatic carbocycles. The van der Waals surface area contributed by atoms with E-state index in [1.165, 1.54) is 11.3 Å². The monoisotopic (exact) mass is 199 g/mol. The Kier molecular flexibility index (Phi) is 1.90. The first-order chi connectivity index (χ1) is 5.77. The molecule has 0 fully saturated rings. The molecule has 0 aliphatic rings. The molecule has 0 N–H and O–H groups in total. The van der Waals surface area contributed by atoms with Gasteiger partial charge in [0.15, 0.2) is 10.2 Å². The summed E-state index contributed by atoms with van der Waals surface area (Å²) < 4.78 is 5.75. The third-order valence-electron chi connectivity index (χ3n) is 1.53. The highest BCUT2D eigenvalue weighted by Gasteiger charge is 2.09. The van der Waals surface area contributed by atoms with Gasteiger partial charge in [0.1, 0.15) is 5.69 Å². The fourth-order valence-corrected chi connectivity index (χ4v) is 2.07. The lowest BCUT2D eigenvalue weighted by Crippen LogP contribution is -1.74. The van der Waals surface area contributed by atoms with E-state index >= 15 is 0 Å². The number of rotatable bonds is 1. The number of thiazole rings is 1. The van der Waals surface area contributed by atoms with Gasteiger partial charge < -0.3 is 4.42 Å². The van der Waals surface area contributed by atoms with Gasteiger partial charge >= 0.3 is 0 Å². The predicted molar refractivity (Wildman–Crippen MR) is 49.6 cm³/mol. The van der Waals surface area contributed by atoms with Crippen molar-refractivity contribution in [1.82, 2.24) is 4.98 Å². The van der Waals surface area contributed by atoms with Crippen LogP contribution in [0.25, 0.3) is 11.5 Å². The summed E-state index contributed by atoms with van der Waals surface area (Å²) in [4.78, 5) is 5.22. The minimum Gasteiger partial charge on any atom is -0.463 e. The summed E-state index contributed by atoms with van der Waals surface area (Å²) in [5.41, 5.74) is 0.843. The standard InChI is InChI=1S/C8H6ClNOS/c1-5-7(10-8(9)12-5)6-3-2-4-11-6/h2-4H,1H3. The first-order valence-corrected chi connectivity index (χ1v) is 4.63. The molecule has 0 aliphatic carbocycles. The molecule has 2 rings (SSSR count). The predicted octanol–water partition coefficient (Wildman–Crippen LogP) is 3.36. The van der Waals surface area contributed by atoms with Gasteiger partial charge in [0.25, 0.3) is 0 Å². The molecule has 2 nitrogen and oxygen atoms in total. The number of nitrogens with zero attached hydrogens (tertiary/aromatic N) is 1. The molecule has 0 atom stereocenters. The minimum atomic E-state index is 0.555. The van der Waals surface area contributed by atoms with Crippen LogP contribution in [0.15, 0.2) is 22.8 Å². The summed E-state index contributed by atoms with van der Waals surface area (Å²) in [6, 6.07) is 3.71. The van der Waals surface area contributed by atoms with Crippen molar-refractivity contribution in [1.29, 1.82) is 0 Å². The molecule has 2 heterocycles. The highest BCUT2D eigenvalue weighted by Crippen LogP contribution is 2.29. The van der Waals surface area contributed by atoms with Crippen molar-refractivity contribution >= 4 is 22.9 Å². The molecule has 4 heteroatoms. The molecular formula is C8H6ClNOS. The van der Waals surface area contributed by atoms with Gasteiger partial charge in [-0.3, -0.25) is 0 Å². The number of halogens is 1. The Balaban J connectivity index is 2.54. The Morgan fingerprint density at radius 3 is 2.92 bits per heavy atom. The molecule has 12 heavy (non-hydrogen) atoms. The van der Waals surface area contributed by atoms with Gasteiger partial charge in [-0.15, -0.1) is 11.3 Å². The highest BCUT2D eigenvalue weighted by atomic mass is 35.5. The van der Waals surface area contributed by atoms with Crippen LogP contribution in [0.2, 0.25) is 4.47 Å². The van der Waals surface area contributed by atoms with Gasteiger partial charge in [0, 0.05) is 4.88 Å². The quantitative estimate of drug-likeness (QED) is 0.704. The summed E-state index contributed by atoms with van der Waals surface area (Å²) in [5.74, 6) is 0.774. The number of furan rings is 1. The molecule has 0 amide bonds. The second kappa shape index (κ2) is 2.92. The Morgan fingerprint density at radius 1 is 1.58 bits per heavy atom. The van der Waals surface area contributed by atoms with Crippen LogP contribution < -0.4 is 0 Å². The van der Waals surface area contributed by atoms with Crippen LogP contribution in [0.3, 0.4) is 0 Å². The van der Waals surface area contributed by atoms with Gasteiger partial charge in [-0.25, -0.2) is 4.98 Å². The summed E-state index contributed by atoms with van der Waals surface area (Å²) in [6.45, 7) is 1.97. The van der Waals surface area contributed by atoms with Gasteiger partial charge in [0.2, 0.25) is 0 Å². The smallest absolute Gasteiger partial charge is 0.184 e. The van der Waals surface area contributed by atoms with Gasteiger partial charge in [-0.2, -0.15) is 0 Å². The summed E-state index contributed by atoms with van der Waals surface area (Å²) in [5, 5.41) is 0. The Morgan fingerprint density at radius 2 is 2.42 bits per heavy atom. The van der Waals surface area contributed by atoms with E-state index in [0.29, 0.717) is 4.47 Å². The molecule has 62 valence electrons. The highest BCUT2D eigenvalue weighted by molar-refractivity contribution is 7.16. The zero-order chi connectivity index (χ0) is 8.55. The maximum atomic E-state index is 5.75. The van der Waals surface area contributed by atoms with Gasteiger partial charge in [-0.1, -0.05) is 11.6 Å². The van der Waals surface area contributed by atoms with Crippen molar-refractivity contribution in [3.05, 3.63) is 27.7 Å². The van der Waals surface area contributed by atoms with E-state index in [2.05, 4.69) is 4.98 Å². The molecular weight excluding hydrogens is 194 g/mol. The third-order valence-corrected chi connectivity index (χ3v) is 2.60. The molecule has 2 aromatic rings. The van der Waals surface area contributed by atoms with Crippen LogP contribution in [0.1, 0.15) is 4.88 Å². The first-order valence-electron chi connectivity index (χ1n) is 3.44. The topological polar surface area (TPSA) is 26.0 Å². The van der Waals surface area contributed by atoms with E-state index in [0.717, 1.165) is 16.3 Å².